The first-order chi connectivity index (χ1) is 7.16. The molecule has 0 bridgehead atoms. The maximum Gasteiger partial charge on any atom is 0.164 e. The summed E-state index contributed by atoms with van der Waals surface area (Å²) in [4.78, 5) is 5.62. The lowest BCUT2D eigenvalue weighted by atomic mass is 10.2. The van der Waals surface area contributed by atoms with Crippen LogP contribution in [0, 0.1) is 11.2 Å². The van der Waals surface area contributed by atoms with Gasteiger partial charge in [0.15, 0.2) is 16.1 Å². The van der Waals surface area contributed by atoms with Gasteiger partial charge < -0.3 is 4.90 Å². The molecule has 80 valence electrons. The van der Waals surface area contributed by atoms with Crippen LogP contribution in [0.15, 0.2) is 12.3 Å². The number of rotatable bonds is 2. The molecule has 0 atom stereocenters. The number of hydrogen-bond acceptors (Lipinski definition) is 3. The molecule has 0 aromatic carbocycles. The molecule has 0 amide bonds. The minimum atomic E-state index is -0.507. The highest BCUT2D eigenvalue weighted by atomic mass is 35.5. The van der Waals surface area contributed by atoms with E-state index in [9.17, 15) is 4.39 Å². The van der Waals surface area contributed by atoms with Crippen LogP contribution in [-0.2, 0) is 6.54 Å². The molecule has 0 spiro atoms. The van der Waals surface area contributed by atoms with Crippen molar-refractivity contribution in [1.82, 2.24) is 9.88 Å². The molecule has 1 aromatic rings. The Morgan fingerprint density at radius 3 is 3.07 bits per heavy atom. The van der Waals surface area contributed by atoms with E-state index in [4.69, 9.17) is 17.0 Å². The molecular weight excluding hydrogens is 237 g/mol. The van der Waals surface area contributed by atoms with Gasteiger partial charge in [0.25, 0.3) is 0 Å². The number of hydrogen-bond donors (Lipinski definition) is 1. The predicted molar refractivity (Wildman–Crippen MR) is 59.8 cm³/mol. The molecule has 2 heterocycles. The number of halogens is 2. The Hall–Kier alpha value is -0.810. The Kier molecular flexibility index (Phi) is 3.11. The summed E-state index contributed by atoms with van der Waals surface area (Å²) >= 11 is 6.98. The molecule has 2 rings (SSSR count). The second-order valence-corrected chi connectivity index (χ2v) is 4.63. The average Bonchev–Trinajstić information content (AvgIpc) is 2.59. The van der Waals surface area contributed by atoms with Gasteiger partial charge in [-0.1, -0.05) is 23.4 Å². The highest BCUT2D eigenvalue weighted by molar-refractivity contribution is 8.14. The molecule has 1 saturated heterocycles. The van der Waals surface area contributed by atoms with Crippen molar-refractivity contribution in [3.63, 3.8) is 0 Å². The van der Waals surface area contributed by atoms with Crippen LogP contribution < -0.4 is 0 Å². The normalized spacial score (nSPS) is 16.1. The molecule has 1 N–H and O–H groups in total. The second-order valence-electron chi connectivity index (χ2n) is 3.19. The lowest BCUT2D eigenvalue weighted by Gasteiger charge is -2.16. The first kappa shape index (κ1) is 10.7. The summed E-state index contributed by atoms with van der Waals surface area (Å²) < 4.78 is 13.1. The number of pyridine rings is 1. The third-order valence-electron chi connectivity index (χ3n) is 2.11. The Morgan fingerprint density at radius 2 is 2.47 bits per heavy atom. The fourth-order valence-corrected chi connectivity index (χ4v) is 2.31. The van der Waals surface area contributed by atoms with E-state index in [1.54, 1.807) is 6.20 Å². The first-order valence-electron chi connectivity index (χ1n) is 4.43. The highest BCUT2D eigenvalue weighted by Gasteiger charge is 2.18. The van der Waals surface area contributed by atoms with Crippen LogP contribution in [0.2, 0.25) is 5.15 Å². The van der Waals surface area contributed by atoms with Crippen molar-refractivity contribution < 1.29 is 4.39 Å². The van der Waals surface area contributed by atoms with Gasteiger partial charge in [-0.05, 0) is 11.6 Å². The quantitative estimate of drug-likeness (QED) is 0.814. The van der Waals surface area contributed by atoms with Crippen molar-refractivity contribution in [3.05, 3.63) is 28.8 Å². The molecule has 0 radical (unpaired) electrons. The zero-order valence-electron chi connectivity index (χ0n) is 7.83. The summed E-state index contributed by atoms with van der Waals surface area (Å²) in [6.45, 7) is 1.35. The fraction of sp³-hybridized carbons (Fsp3) is 0.333. The van der Waals surface area contributed by atoms with E-state index in [-0.39, 0.29) is 5.15 Å². The highest BCUT2D eigenvalue weighted by Crippen LogP contribution is 2.20. The van der Waals surface area contributed by atoms with E-state index in [0.29, 0.717) is 11.7 Å². The van der Waals surface area contributed by atoms with Gasteiger partial charge in [-0.3, -0.25) is 5.41 Å². The number of thioether (sulfide) groups is 1. The van der Waals surface area contributed by atoms with Crippen LogP contribution in [0.5, 0.6) is 0 Å². The van der Waals surface area contributed by atoms with Crippen LogP contribution in [-0.4, -0.2) is 27.3 Å². The predicted octanol–water partition coefficient (Wildman–Crippen LogP) is 2.36. The zero-order valence-corrected chi connectivity index (χ0v) is 9.41. The molecule has 0 unspecified atom stereocenters. The Balaban J connectivity index is 2.10. The van der Waals surface area contributed by atoms with Crippen LogP contribution in [0.1, 0.15) is 5.56 Å². The van der Waals surface area contributed by atoms with E-state index in [1.807, 2.05) is 4.90 Å². The standard InChI is InChI=1S/C9H9ClFN3S/c10-8-7(11)3-6(4-13-8)5-14-1-2-15-9(14)12/h3-4,12H,1-2,5H2. The van der Waals surface area contributed by atoms with Gasteiger partial charge in [0.1, 0.15) is 0 Å². The van der Waals surface area contributed by atoms with Crippen molar-refractivity contribution in [2.45, 2.75) is 6.54 Å². The Morgan fingerprint density at radius 1 is 1.67 bits per heavy atom. The molecule has 0 aliphatic carbocycles. The van der Waals surface area contributed by atoms with Crippen molar-refractivity contribution in [3.8, 4) is 0 Å². The van der Waals surface area contributed by atoms with Gasteiger partial charge in [0.05, 0.1) is 0 Å². The minimum absolute atomic E-state index is 0.107. The van der Waals surface area contributed by atoms with Crippen molar-refractivity contribution in [2.75, 3.05) is 12.3 Å². The fourth-order valence-electron chi connectivity index (χ4n) is 1.36. The molecule has 15 heavy (non-hydrogen) atoms. The van der Waals surface area contributed by atoms with Crippen LogP contribution in [0.25, 0.3) is 0 Å². The smallest absolute Gasteiger partial charge is 0.164 e. The van der Waals surface area contributed by atoms with E-state index in [0.717, 1.165) is 17.9 Å². The summed E-state index contributed by atoms with van der Waals surface area (Å²) in [7, 11) is 0. The monoisotopic (exact) mass is 245 g/mol. The van der Waals surface area contributed by atoms with Gasteiger partial charge in [-0.2, -0.15) is 0 Å². The molecular formula is C9H9ClFN3S. The summed E-state index contributed by atoms with van der Waals surface area (Å²) in [6.07, 6.45) is 1.54. The van der Waals surface area contributed by atoms with Gasteiger partial charge in [-0.15, -0.1) is 0 Å². The average molecular weight is 246 g/mol. The van der Waals surface area contributed by atoms with Crippen LogP contribution >= 0.6 is 23.4 Å². The van der Waals surface area contributed by atoms with E-state index >= 15 is 0 Å². The van der Waals surface area contributed by atoms with E-state index in [2.05, 4.69) is 4.98 Å². The molecule has 1 aliphatic rings. The minimum Gasteiger partial charge on any atom is -0.346 e. The molecule has 3 nitrogen and oxygen atoms in total. The number of aromatic nitrogens is 1. The summed E-state index contributed by atoms with van der Waals surface area (Å²) in [6, 6.07) is 1.37. The van der Waals surface area contributed by atoms with Gasteiger partial charge in [0.2, 0.25) is 0 Å². The largest absolute Gasteiger partial charge is 0.346 e. The van der Waals surface area contributed by atoms with Crippen molar-refractivity contribution in [2.24, 2.45) is 0 Å². The summed E-state index contributed by atoms with van der Waals surface area (Å²) in [5.41, 5.74) is 0.740. The maximum atomic E-state index is 13.1. The van der Waals surface area contributed by atoms with Gasteiger partial charge >= 0.3 is 0 Å². The van der Waals surface area contributed by atoms with E-state index < -0.39 is 5.82 Å². The number of nitrogens with zero attached hydrogens (tertiary/aromatic N) is 2. The second kappa shape index (κ2) is 4.37. The molecule has 0 saturated carbocycles. The summed E-state index contributed by atoms with van der Waals surface area (Å²) in [5.74, 6) is 0.412. The zero-order chi connectivity index (χ0) is 10.8. The van der Waals surface area contributed by atoms with Crippen molar-refractivity contribution in [1.29, 1.82) is 5.41 Å². The molecule has 1 fully saturated rings. The molecule has 1 aliphatic heterocycles. The van der Waals surface area contributed by atoms with E-state index in [1.165, 1.54) is 17.8 Å². The number of amidine groups is 1. The third-order valence-corrected chi connectivity index (χ3v) is 3.31. The SMILES string of the molecule is N=C1SCCN1Cc1cnc(Cl)c(F)c1. The molecule has 6 heteroatoms. The van der Waals surface area contributed by atoms with Gasteiger partial charge in [0, 0.05) is 25.0 Å². The lowest BCUT2D eigenvalue weighted by molar-refractivity contribution is 0.452. The third kappa shape index (κ3) is 2.41. The van der Waals surface area contributed by atoms with Crippen molar-refractivity contribution >= 4 is 28.5 Å². The maximum absolute atomic E-state index is 13.1. The van der Waals surface area contributed by atoms with Crippen LogP contribution in [0.4, 0.5) is 4.39 Å². The first-order valence-corrected chi connectivity index (χ1v) is 5.79. The van der Waals surface area contributed by atoms with Crippen LogP contribution in [0.3, 0.4) is 0 Å². The number of nitrogens with one attached hydrogen (secondary N) is 1. The lowest BCUT2D eigenvalue weighted by Crippen LogP contribution is -2.23. The molecule has 1 aromatic heterocycles. The summed E-state index contributed by atoms with van der Waals surface area (Å²) in [5, 5.41) is 8.03. The van der Waals surface area contributed by atoms with Gasteiger partial charge in [-0.25, -0.2) is 9.37 Å². The Bertz CT molecular complexity index is 399. The topological polar surface area (TPSA) is 40.0 Å². The Labute approximate surface area is 96.1 Å².